The van der Waals surface area contributed by atoms with Gasteiger partial charge in [-0.25, -0.2) is 9.59 Å². The van der Waals surface area contributed by atoms with E-state index in [9.17, 15) is 9.59 Å². The smallest absolute Gasteiger partial charge is 0.326 e. The van der Waals surface area contributed by atoms with Gasteiger partial charge in [-0.3, -0.25) is 0 Å². The molecule has 102 valence electrons. The Hall–Kier alpha value is -1.17. The minimum Gasteiger partial charge on any atom is -0.480 e. The summed E-state index contributed by atoms with van der Waals surface area (Å²) in [5.41, 5.74) is 0. The Morgan fingerprint density at radius 2 is 2.33 bits per heavy atom. The average Bonchev–Trinajstić information content (AvgIpc) is 2.70. The quantitative estimate of drug-likeness (QED) is 0.566. The minimum absolute atomic E-state index is 0.0170. The number of aliphatic carboxylic acids is 1. The molecule has 1 rings (SSSR count). The predicted molar refractivity (Wildman–Crippen MR) is 72.8 cm³/mol. The molecule has 2 unspecified atom stereocenters. The SMILES string of the molecule is C=CCSCCNC(=O)N1CCC(C)C1C(=O)O. The van der Waals surface area contributed by atoms with Crippen LogP contribution in [-0.4, -0.2) is 52.6 Å². The van der Waals surface area contributed by atoms with Gasteiger partial charge >= 0.3 is 12.0 Å². The molecule has 0 spiro atoms. The van der Waals surface area contributed by atoms with Crippen LogP contribution in [-0.2, 0) is 4.79 Å². The van der Waals surface area contributed by atoms with Gasteiger partial charge in [0.2, 0.25) is 0 Å². The first kappa shape index (κ1) is 14.9. The number of nitrogens with one attached hydrogen (secondary N) is 1. The van der Waals surface area contributed by atoms with Gasteiger partial charge in [0.15, 0.2) is 0 Å². The topological polar surface area (TPSA) is 69.6 Å². The van der Waals surface area contributed by atoms with Gasteiger partial charge in [-0.2, -0.15) is 11.8 Å². The number of carbonyl (C=O) groups excluding carboxylic acids is 1. The zero-order valence-electron chi connectivity index (χ0n) is 10.6. The fraction of sp³-hybridized carbons (Fsp3) is 0.667. The summed E-state index contributed by atoms with van der Waals surface area (Å²) in [7, 11) is 0. The fourth-order valence-corrected chi connectivity index (χ4v) is 2.63. The number of hydrogen-bond donors (Lipinski definition) is 2. The predicted octanol–water partition coefficient (Wildman–Crippen LogP) is 1.41. The van der Waals surface area contributed by atoms with Crippen LogP contribution < -0.4 is 5.32 Å². The van der Waals surface area contributed by atoms with Crippen molar-refractivity contribution in [1.82, 2.24) is 10.2 Å². The van der Waals surface area contributed by atoms with Crippen LogP contribution in [0.4, 0.5) is 4.79 Å². The first-order chi connectivity index (χ1) is 8.57. The van der Waals surface area contributed by atoms with Crippen molar-refractivity contribution in [2.24, 2.45) is 5.92 Å². The molecule has 1 aliphatic rings. The van der Waals surface area contributed by atoms with Crippen molar-refractivity contribution in [1.29, 1.82) is 0 Å². The highest BCUT2D eigenvalue weighted by Crippen LogP contribution is 2.23. The largest absolute Gasteiger partial charge is 0.480 e. The van der Waals surface area contributed by atoms with Crippen LogP contribution in [0.5, 0.6) is 0 Å². The van der Waals surface area contributed by atoms with Crippen LogP contribution >= 0.6 is 11.8 Å². The van der Waals surface area contributed by atoms with Crippen LogP contribution in [0, 0.1) is 5.92 Å². The molecule has 2 atom stereocenters. The summed E-state index contributed by atoms with van der Waals surface area (Å²) < 4.78 is 0. The molecule has 0 aromatic rings. The standard InChI is InChI=1S/C12H20N2O3S/c1-3-7-18-8-5-13-12(17)14-6-4-9(2)10(14)11(15)16/h3,9-10H,1,4-8H2,2H3,(H,13,17)(H,15,16). The summed E-state index contributed by atoms with van der Waals surface area (Å²) in [6.45, 7) is 6.55. The molecule has 5 nitrogen and oxygen atoms in total. The molecule has 6 heteroatoms. The van der Waals surface area contributed by atoms with Gasteiger partial charge in [0, 0.05) is 24.6 Å². The van der Waals surface area contributed by atoms with Crippen molar-refractivity contribution in [3.05, 3.63) is 12.7 Å². The molecule has 0 saturated carbocycles. The zero-order chi connectivity index (χ0) is 13.5. The molecule has 18 heavy (non-hydrogen) atoms. The third kappa shape index (κ3) is 3.94. The van der Waals surface area contributed by atoms with Gasteiger partial charge in [0.25, 0.3) is 0 Å². The van der Waals surface area contributed by atoms with Crippen molar-refractivity contribution in [2.75, 3.05) is 24.6 Å². The molecule has 0 aromatic carbocycles. The molecule has 2 N–H and O–H groups in total. The monoisotopic (exact) mass is 272 g/mol. The Morgan fingerprint density at radius 3 is 2.94 bits per heavy atom. The van der Waals surface area contributed by atoms with Gasteiger partial charge in [0.1, 0.15) is 6.04 Å². The molecule has 0 bridgehead atoms. The lowest BCUT2D eigenvalue weighted by molar-refractivity contribution is -0.142. The van der Waals surface area contributed by atoms with Gasteiger partial charge in [-0.1, -0.05) is 13.0 Å². The maximum Gasteiger partial charge on any atom is 0.326 e. The van der Waals surface area contributed by atoms with E-state index >= 15 is 0 Å². The van der Waals surface area contributed by atoms with Crippen LogP contribution in [0.25, 0.3) is 0 Å². The number of rotatable bonds is 6. The lowest BCUT2D eigenvalue weighted by atomic mass is 10.0. The Bertz CT molecular complexity index is 322. The number of carbonyl (C=O) groups is 2. The Labute approximate surface area is 112 Å². The maximum absolute atomic E-state index is 11.9. The lowest BCUT2D eigenvalue weighted by Crippen LogP contribution is -2.48. The normalized spacial score (nSPS) is 22.8. The number of amides is 2. The lowest BCUT2D eigenvalue weighted by Gasteiger charge is -2.23. The van der Waals surface area contributed by atoms with Gasteiger partial charge < -0.3 is 15.3 Å². The molecular weight excluding hydrogens is 252 g/mol. The van der Waals surface area contributed by atoms with Crippen molar-refractivity contribution >= 4 is 23.8 Å². The van der Waals surface area contributed by atoms with E-state index in [1.807, 2.05) is 13.0 Å². The highest BCUT2D eigenvalue weighted by atomic mass is 32.2. The summed E-state index contributed by atoms with van der Waals surface area (Å²) in [4.78, 5) is 24.4. The second-order valence-corrected chi connectivity index (χ2v) is 5.49. The van der Waals surface area contributed by atoms with E-state index in [0.29, 0.717) is 13.1 Å². The van der Waals surface area contributed by atoms with Crippen molar-refractivity contribution in [2.45, 2.75) is 19.4 Å². The van der Waals surface area contributed by atoms with E-state index in [1.54, 1.807) is 11.8 Å². The van der Waals surface area contributed by atoms with Crippen molar-refractivity contribution < 1.29 is 14.7 Å². The summed E-state index contributed by atoms with van der Waals surface area (Å²) >= 11 is 1.68. The molecule has 0 aliphatic carbocycles. The molecule has 1 saturated heterocycles. The highest BCUT2D eigenvalue weighted by molar-refractivity contribution is 7.99. The summed E-state index contributed by atoms with van der Waals surface area (Å²) in [5, 5.41) is 11.9. The van der Waals surface area contributed by atoms with Gasteiger partial charge in [-0.15, -0.1) is 6.58 Å². The Kier molecular flexibility index (Phi) is 6.04. The molecule has 2 amide bonds. The number of urea groups is 1. The molecule has 1 fully saturated rings. The van der Waals surface area contributed by atoms with E-state index in [4.69, 9.17) is 5.11 Å². The average molecular weight is 272 g/mol. The summed E-state index contributed by atoms with van der Waals surface area (Å²) in [5.74, 6) is 0.757. The molecule has 1 aliphatic heterocycles. The molecule has 0 radical (unpaired) electrons. The fourth-order valence-electron chi connectivity index (χ4n) is 2.05. The third-order valence-electron chi connectivity index (χ3n) is 2.97. The third-order valence-corrected chi connectivity index (χ3v) is 3.94. The van der Waals surface area contributed by atoms with Crippen molar-refractivity contribution in [3.8, 4) is 0 Å². The minimum atomic E-state index is -0.920. The Morgan fingerprint density at radius 1 is 1.61 bits per heavy atom. The summed E-state index contributed by atoms with van der Waals surface area (Å²) in [6, 6.07) is -0.961. The van der Waals surface area contributed by atoms with E-state index in [1.165, 1.54) is 4.90 Å². The molecule has 0 aromatic heterocycles. The van der Waals surface area contributed by atoms with Crippen molar-refractivity contribution in [3.63, 3.8) is 0 Å². The highest BCUT2D eigenvalue weighted by Gasteiger charge is 2.39. The second-order valence-electron chi connectivity index (χ2n) is 4.34. The molecular formula is C12H20N2O3S. The van der Waals surface area contributed by atoms with E-state index in [-0.39, 0.29) is 11.9 Å². The summed E-state index contributed by atoms with van der Waals surface area (Å²) in [6.07, 6.45) is 2.56. The van der Waals surface area contributed by atoms with Gasteiger partial charge in [-0.05, 0) is 12.3 Å². The van der Waals surface area contributed by atoms with Crippen LogP contribution in [0.2, 0.25) is 0 Å². The number of carboxylic acids is 1. The zero-order valence-corrected chi connectivity index (χ0v) is 11.4. The first-order valence-electron chi connectivity index (χ1n) is 6.03. The van der Waals surface area contributed by atoms with Gasteiger partial charge in [0.05, 0.1) is 0 Å². The Balaban J connectivity index is 2.36. The number of hydrogen-bond acceptors (Lipinski definition) is 3. The van der Waals surface area contributed by atoms with Crippen LogP contribution in [0.3, 0.4) is 0 Å². The van der Waals surface area contributed by atoms with E-state index < -0.39 is 12.0 Å². The van der Waals surface area contributed by atoms with E-state index in [2.05, 4.69) is 11.9 Å². The maximum atomic E-state index is 11.9. The number of likely N-dealkylation sites (tertiary alicyclic amines) is 1. The number of nitrogens with zero attached hydrogens (tertiary/aromatic N) is 1. The number of carboxylic acid groups (broad SMARTS) is 1. The van der Waals surface area contributed by atoms with Crippen LogP contribution in [0.1, 0.15) is 13.3 Å². The number of thioether (sulfide) groups is 1. The molecule has 1 heterocycles. The van der Waals surface area contributed by atoms with E-state index in [0.717, 1.165) is 17.9 Å². The second kappa shape index (κ2) is 7.31. The first-order valence-corrected chi connectivity index (χ1v) is 7.19. The van der Waals surface area contributed by atoms with Crippen LogP contribution in [0.15, 0.2) is 12.7 Å².